The Balaban J connectivity index is 2.12. The molecule has 0 radical (unpaired) electrons. The van der Waals surface area contributed by atoms with Crippen LogP contribution in [0.5, 0.6) is 0 Å². The van der Waals surface area contributed by atoms with E-state index < -0.39 is 17.7 Å². The lowest BCUT2D eigenvalue weighted by Crippen LogP contribution is -2.31. The van der Waals surface area contributed by atoms with Gasteiger partial charge in [-0.1, -0.05) is 54.1 Å². The minimum absolute atomic E-state index is 0.0749. The fourth-order valence-corrected chi connectivity index (χ4v) is 3.46. The number of hydrogen-bond acceptors (Lipinski definition) is 4. The molecule has 0 saturated carbocycles. The van der Waals surface area contributed by atoms with E-state index >= 15 is 0 Å². The Labute approximate surface area is 162 Å². The molecule has 0 spiro atoms. The largest absolute Gasteiger partial charge is 0.507 e. The molecule has 1 amide bonds. The molecule has 0 bridgehead atoms. The van der Waals surface area contributed by atoms with Crippen molar-refractivity contribution in [2.75, 3.05) is 20.3 Å². The zero-order valence-corrected chi connectivity index (χ0v) is 15.6. The molecule has 2 aromatic carbocycles. The average Bonchev–Trinajstić information content (AvgIpc) is 2.93. The highest BCUT2D eigenvalue weighted by Crippen LogP contribution is 2.39. The number of rotatable bonds is 6. The molecule has 1 saturated heterocycles. The van der Waals surface area contributed by atoms with Crippen molar-refractivity contribution in [2.45, 2.75) is 12.5 Å². The van der Waals surface area contributed by atoms with E-state index in [0.29, 0.717) is 35.7 Å². The number of likely N-dealkylation sites (tertiary alicyclic amines) is 1. The van der Waals surface area contributed by atoms with Crippen molar-refractivity contribution in [3.63, 3.8) is 0 Å². The number of aliphatic hydroxyl groups is 1. The number of carbonyl (C=O) groups is 2. The molecule has 6 heteroatoms. The van der Waals surface area contributed by atoms with Crippen LogP contribution >= 0.6 is 11.6 Å². The van der Waals surface area contributed by atoms with E-state index in [2.05, 4.69) is 0 Å². The van der Waals surface area contributed by atoms with Crippen molar-refractivity contribution in [2.24, 2.45) is 0 Å². The molecule has 1 heterocycles. The summed E-state index contributed by atoms with van der Waals surface area (Å²) < 4.78 is 5.06. The van der Waals surface area contributed by atoms with Crippen LogP contribution in [0.3, 0.4) is 0 Å². The van der Waals surface area contributed by atoms with Crippen LogP contribution in [0, 0.1) is 0 Å². The molecule has 3 rings (SSSR count). The highest BCUT2D eigenvalue weighted by atomic mass is 35.5. The molecule has 1 aliphatic rings. The van der Waals surface area contributed by atoms with Crippen LogP contribution in [-0.2, 0) is 14.3 Å². The van der Waals surface area contributed by atoms with Crippen molar-refractivity contribution < 1.29 is 19.4 Å². The van der Waals surface area contributed by atoms with Gasteiger partial charge in [0.05, 0.1) is 11.6 Å². The van der Waals surface area contributed by atoms with Gasteiger partial charge in [0.2, 0.25) is 0 Å². The Morgan fingerprint density at radius 3 is 2.56 bits per heavy atom. The van der Waals surface area contributed by atoms with Crippen LogP contribution in [0.25, 0.3) is 5.76 Å². The molecule has 27 heavy (non-hydrogen) atoms. The van der Waals surface area contributed by atoms with E-state index in [1.54, 1.807) is 55.6 Å². The van der Waals surface area contributed by atoms with Gasteiger partial charge in [-0.3, -0.25) is 9.59 Å². The van der Waals surface area contributed by atoms with E-state index in [0.717, 1.165) is 0 Å². The number of aliphatic hydroxyl groups excluding tert-OH is 1. The Bertz CT molecular complexity index is 879. The van der Waals surface area contributed by atoms with Crippen LogP contribution in [0.1, 0.15) is 23.6 Å². The number of nitrogens with zero attached hydrogens (tertiary/aromatic N) is 1. The average molecular weight is 386 g/mol. The Kier molecular flexibility index (Phi) is 5.94. The second kappa shape index (κ2) is 8.37. The normalized spacial score (nSPS) is 18.9. The lowest BCUT2D eigenvalue weighted by atomic mass is 9.95. The standard InChI is InChI=1S/C21H20ClNO4/c1-27-12-6-11-23-18(15-9-5-10-16(22)13-15)17(20(25)21(23)26)19(24)14-7-3-2-4-8-14/h2-5,7-10,13,18,24H,6,11-12H2,1H3/b19-17+. The zero-order chi connectivity index (χ0) is 19.4. The summed E-state index contributed by atoms with van der Waals surface area (Å²) in [6, 6.07) is 15.0. The zero-order valence-electron chi connectivity index (χ0n) is 14.9. The smallest absolute Gasteiger partial charge is 0.295 e. The van der Waals surface area contributed by atoms with Crippen LogP contribution in [0.4, 0.5) is 0 Å². The molecule has 1 unspecified atom stereocenters. The third kappa shape index (κ3) is 3.89. The topological polar surface area (TPSA) is 66.8 Å². The van der Waals surface area contributed by atoms with Gasteiger partial charge in [0.1, 0.15) is 5.76 Å². The molecule has 1 atom stereocenters. The van der Waals surface area contributed by atoms with Crippen molar-refractivity contribution >= 4 is 29.1 Å². The quantitative estimate of drug-likeness (QED) is 0.355. The van der Waals surface area contributed by atoms with Gasteiger partial charge >= 0.3 is 0 Å². The fraction of sp³-hybridized carbons (Fsp3) is 0.238. The minimum atomic E-state index is -0.696. The lowest BCUT2D eigenvalue weighted by Gasteiger charge is -2.25. The van der Waals surface area contributed by atoms with Gasteiger partial charge in [-0.05, 0) is 24.1 Å². The molecule has 0 aliphatic carbocycles. The number of hydrogen-bond donors (Lipinski definition) is 1. The summed E-state index contributed by atoms with van der Waals surface area (Å²) in [5.74, 6) is -1.51. The van der Waals surface area contributed by atoms with Gasteiger partial charge in [-0.25, -0.2) is 0 Å². The van der Waals surface area contributed by atoms with Gasteiger partial charge < -0.3 is 14.7 Å². The molecule has 140 valence electrons. The molecule has 1 aliphatic heterocycles. The maximum atomic E-state index is 12.8. The lowest BCUT2D eigenvalue weighted by molar-refractivity contribution is -0.140. The molecule has 2 aromatic rings. The predicted molar refractivity (Wildman–Crippen MR) is 103 cm³/mol. The van der Waals surface area contributed by atoms with Gasteiger partial charge in [-0.2, -0.15) is 0 Å². The van der Waals surface area contributed by atoms with Crippen molar-refractivity contribution in [3.05, 3.63) is 76.3 Å². The first-order valence-electron chi connectivity index (χ1n) is 8.63. The number of halogens is 1. The van der Waals surface area contributed by atoms with Gasteiger partial charge in [0, 0.05) is 30.8 Å². The third-order valence-corrected chi connectivity index (χ3v) is 4.73. The van der Waals surface area contributed by atoms with Gasteiger partial charge in [0.15, 0.2) is 0 Å². The predicted octanol–water partition coefficient (Wildman–Crippen LogP) is 3.80. The Morgan fingerprint density at radius 2 is 1.89 bits per heavy atom. The van der Waals surface area contributed by atoms with E-state index in [-0.39, 0.29) is 11.3 Å². The van der Waals surface area contributed by atoms with Crippen LogP contribution in [0.2, 0.25) is 5.02 Å². The summed E-state index contributed by atoms with van der Waals surface area (Å²) in [5.41, 5.74) is 1.24. The highest BCUT2D eigenvalue weighted by Gasteiger charge is 2.45. The third-order valence-electron chi connectivity index (χ3n) is 4.50. The van der Waals surface area contributed by atoms with Crippen LogP contribution in [-0.4, -0.2) is 42.0 Å². The summed E-state index contributed by atoms with van der Waals surface area (Å²) in [5, 5.41) is 11.3. The van der Waals surface area contributed by atoms with Crippen molar-refractivity contribution in [3.8, 4) is 0 Å². The highest BCUT2D eigenvalue weighted by molar-refractivity contribution is 6.46. The summed E-state index contributed by atoms with van der Waals surface area (Å²) >= 11 is 6.13. The Hall–Kier alpha value is -2.63. The first kappa shape index (κ1) is 19.1. The van der Waals surface area contributed by atoms with E-state index in [9.17, 15) is 14.7 Å². The summed E-state index contributed by atoms with van der Waals surface area (Å²) in [4.78, 5) is 26.9. The number of methoxy groups -OCH3 is 1. The van der Waals surface area contributed by atoms with Crippen molar-refractivity contribution in [1.29, 1.82) is 0 Å². The molecular formula is C21H20ClNO4. The monoisotopic (exact) mass is 385 g/mol. The SMILES string of the molecule is COCCCN1C(=O)C(=O)/C(=C(/O)c2ccccc2)C1c1cccc(Cl)c1. The maximum Gasteiger partial charge on any atom is 0.295 e. The summed E-state index contributed by atoms with van der Waals surface area (Å²) in [6.45, 7) is 0.797. The minimum Gasteiger partial charge on any atom is -0.507 e. The summed E-state index contributed by atoms with van der Waals surface area (Å²) in [6.07, 6.45) is 0.575. The van der Waals surface area contributed by atoms with E-state index in [1.807, 2.05) is 6.07 Å². The first-order valence-corrected chi connectivity index (χ1v) is 9.00. The number of carbonyl (C=O) groups excluding carboxylic acids is 2. The number of ketones is 1. The van der Waals surface area contributed by atoms with Crippen molar-refractivity contribution in [1.82, 2.24) is 4.90 Å². The second-order valence-electron chi connectivity index (χ2n) is 6.26. The van der Waals surface area contributed by atoms with E-state index in [1.165, 1.54) is 4.90 Å². The number of benzene rings is 2. The molecule has 1 N–H and O–H groups in total. The molecule has 5 nitrogen and oxygen atoms in total. The molecule has 0 aromatic heterocycles. The number of ether oxygens (including phenoxy) is 1. The van der Waals surface area contributed by atoms with Gasteiger partial charge in [-0.15, -0.1) is 0 Å². The Morgan fingerprint density at radius 1 is 1.15 bits per heavy atom. The molecule has 1 fully saturated rings. The number of Topliss-reactive ketones (excluding diaryl/α,β-unsaturated/α-hetero) is 1. The summed E-state index contributed by atoms with van der Waals surface area (Å²) in [7, 11) is 1.58. The fourth-order valence-electron chi connectivity index (χ4n) is 3.26. The number of amides is 1. The van der Waals surface area contributed by atoms with Crippen LogP contribution in [0.15, 0.2) is 60.2 Å². The molecular weight excluding hydrogens is 366 g/mol. The second-order valence-corrected chi connectivity index (χ2v) is 6.70. The van der Waals surface area contributed by atoms with Gasteiger partial charge in [0.25, 0.3) is 11.7 Å². The first-order chi connectivity index (χ1) is 13.0. The van der Waals surface area contributed by atoms with E-state index in [4.69, 9.17) is 16.3 Å². The van der Waals surface area contributed by atoms with Crippen LogP contribution < -0.4 is 0 Å². The maximum absolute atomic E-state index is 12.8.